The molecular weight excluding hydrogens is 368 g/mol. The van der Waals surface area contributed by atoms with Crippen molar-refractivity contribution in [2.24, 2.45) is 0 Å². The molecule has 0 bridgehead atoms. The molecule has 0 spiro atoms. The van der Waals surface area contributed by atoms with Gasteiger partial charge in [0.15, 0.2) is 0 Å². The maximum absolute atomic E-state index is 12.7. The predicted octanol–water partition coefficient (Wildman–Crippen LogP) is 4.31. The zero-order valence-corrected chi connectivity index (χ0v) is 16.5. The third kappa shape index (κ3) is 4.65. The molecule has 3 rings (SSSR count). The monoisotopic (exact) mass is 392 g/mol. The second-order valence-corrected chi connectivity index (χ2v) is 9.31. The van der Waals surface area contributed by atoms with Gasteiger partial charge in [-0.2, -0.15) is 0 Å². The van der Waals surface area contributed by atoms with Crippen LogP contribution < -0.4 is 10.0 Å². The van der Waals surface area contributed by atoms with E-state index in [2.05, 4.69) is 10.0 Å². The summed E-state index contributed by atoms with van der Waals surface area (Å²) in [6, 6.07) is 8.72. The number of carbonyl (C=O) groups is 1. The molecule has 5 nitrogen and oxygen atoms in total. The molecule has 0 atom stereocenters. The van der Waals surface area contributed by atoms with E-state index in [1.807, 2.05) is 19.1 Å². The lowest BCUT2D eigenvalue weighted by Gasteiger charge is -2.16. The number of carbonyl (C=O) groups excluding carboxylic acids is 1. The van der Waals surface area contributed by atoms with Crippen molar-refractivity contribution in [3.63, 3.8) is 0 Å². The van der Waals surface area contributed by atoms with E-state index in [0.717, 1.165) is 42.6 Å². The summed E-state index contributed by atoms with van der Waals surface area (Å²) in [6.45, 7) is 1.94. The summed E-state index contributed by atoms with van der Waals surface area (Å²) in [5.74, 6) is -0.295. The zero-order chi connectivity index (χ0) is 18.6. The molecule has 0 radical (unpaired) electrons. The molecule has 1 heterocycles. The normalized spacial score (nSPS) is 16.0. The third-order valence-electron chi connectivity index (χ3n) is 4.62. The molecule has 1 aliphatic rings. The topological polar surface area (TPSA) is 75.3 Å². The van der Waals surface area contributed by atoms with Crippen molar-refractivity contribution in [1.82, 2.24) is 5.32 Å². The van der Waals surface area contributed by atoms with Crippen molar-refractivity contribution >= 4 is 33.0 Å². The molecule has 1 aliphatic carbocycles. The first-order valence-corrected chi connectivity index (χ1v) is 11.3. The number of hydrogen-bond acceptors (Lipinski definition) is 4. The van der Waals surface area contributed by atoms with Crippen molar-refractivity contribution in [2.75, 3.05) is 4.72 Å². The fraction of sp³-hybridized carbons (Fsp3) is 0.421. The molecule has 1 aromatic heterocycles. The Labute approximate surface area is 158 Å². The quantitative estimate of drug-likeness (QED) is 0.745. The molecule has 140 valence electrons. The summed E-state index contributed by atoms with van der Waals surface area (Å²) in [4.78, 5) is 12.9. The van der Waals surface area contributed by atoms with Crippen LogP contribution in [0.1, 0.15) is 53.8 Å². The molecule has 26 heavy (non-hydrogen) atoms. The smallest absolute Gasteiger partial charge is 0.263 e. The fourth-order valence-corrected chi connectivity index (χ4v) is 5.57. The summed E-state index contributed by atoms with van der Waals surface area (Å²) in [5.41, 5.74) is 1.53. The molecule has 1 aromatic carbocycles. The minimum absolute atomic E-state index is 0.0363. The number of sulfonamides is 1. The molecule has 1 fully saturated rings. The number of nitrogens with one attached hydrogen (secondary N) is 2. The van der Waals surface area contributed by atoms with Crippen molar-refractivity contribution in [2.45, 2.75) is 56.4 Å². The highest BCUT2D eigenvalue weighted by Crippen LogP contribution is 2.25. The SMILES string of the molecule is Cc1ccc(NS(=O)(=O)c2ccsc2C(=O)NC2CCCCCC2)cc1. The third-order valence-corrected chi connectivity index (χ3v) is 7.09. The van der Waals surface area contributed by atoms with Crippen LogP contribution in [0.2, 0.25) is 0 Å². The van der Waals surface area contributed by atoms with Crippen LogP contribution in [0.25, 0.3) is 0 Å². The van der Waals surface area contributed by atoms with E-state index in [-0.39, 0.29) is 21.7 Å². The van der Waals surface area contributed by atoms with Crippen LogP contribution in [-0.2, 0) is 10.0 Å². The van der Waals surface area contributed by atoms with Gasteiger partial charge in [-0.05, 0) is 43.3 Å². The van der Waals surface area contributed by atoms with Gasteiger partial charge in [-0.3, -0.25) is 9.52 Å². The fourth-order valence-electron chi connectivity index (χ4n) is 3.18. The maximum atomic E-state index is 12.7. The van der Waals surface area contributed by atoms with Gasteiger partial charge in [0.1, 0.15) is 9.77 Å². The highest BCUT2D eigenvalue weighted by Gasteiger charge is 2.25. The van der Waals surface area contributed by atoms with Gasteiger partial charge < -0.3 is 5.32 Å². The lowest BCUT2D eigenvalue weighted by molar-refractivity contribution is 0.0934. The second kappa shape index (κ2) is 8.22. The van der Waals surface area contributed by atoms with Gasteiger partial charge in [-0.15, -0.1) is 11.3 Å². The Morgan fingerprint density at radius 3 is 2.35 bits per heavy atom. The van der Waals surface area contributed by atoms with Crippen molar-refractivity contribution in [1.29, 1.82) is 0 Å². The van der Waals surface area contributed by atoms with E-state index < -0.39 is 10.0 Å². The molecular formula is C19H24N2O3S2. The minimum Gasteiger partial charge on any atom is -0.349 e. The average molecular weight is 393 g/mol. The first-order chi connectivity index (χ1) is 12.5. The van der Waals surface area contributed by atoms with Gasteiger partial charge in [0.05, 0.1) is 0 Å². The van der Waals surface area contributed by atoms with Crippen LogP contribution in [0.4, 0.5) is 5.69 Å². The summed E-state index contributed by atoms with van der Waals surface area (Å²) < 4.78 is 28.0. The lowest BCUT2D eigenvalue weighted by Crippen LogP contribution is -2.34. The highest BCUT2D eigenvalue weighted by molar-refractivity contribution is 7.93. The summed E-state index contributed by atoms with van der Waals surface area (Å²) in [6.07, 6.45) is 6.53. The van der Waals surface area contributed by atoms with Crippen molar-refractivity contribution in [3.05, 3.63) is 46.2 Å². The molecule has 7 heteroatoms. The highest BCUT2D eigenvalue weighted by atomic mass is 32.2. The Morgan fingerprint density at radius 2 is 1.69 bits per heavy atom. The number of aryl methyl sites for hydroxylation is 1. The lowest BCUT2D eigenvalue weighted by atomic mass is 10.1. The molecule has 1 amide bonds. The van der Waals surface area contributed by atoms with Gasteiger partial charge in [0.25, 0.3) is 15.9 Å². The number of benzene rings is 1. The van der Waals surface area contributed by atoms with E-state index in [4.69, 9.17) is 0 Å². The summed E-state index contributed by atoms with van der Waals surface area (Å²) >= 11 is 1.16. The van der Waals surface area contributed by atoms with Crippen LogP contribution in [-0.4, -0.2) is 20.4 Å². The van der Waals surface area contributed by atoms with Crippen LogP contribution in [0.3, 0.4) is 0 Å². The van der Waals surface area contributed by atoms with E-state index in [9.17, 15) is 13.2 Å². The molecule has 2 aromatic rings. The van der Waals surface area contributed by atoms with Crippen LogP contribution in [0, 0.1) is 6.92 Å². The minimum atomic E-state index is -3.81. The second-order valence-electron chi connectivity index (χ2n) is 6.75. The van der Waals surface area contributed by atoms with Crippen LogP contribution in [0.15, 0.2) is 40.6 Å². The Bertz CT molecular complexity index is 849. The van der Waals surface area contributed by atoms with E-state index in [1.165, 1.54) is 18.9 Å². The number of anilines is 1. The predicted molar refractivity (Wildman–Crippen MR) is 105 cm³/mol. The zero-order valence-electron chi connectivity index (χ0n) is 14.8. The van der Waals surface area contributed by atoms with Crippen molar-refractivity contribution in [3.8, 4) is 0 Å². The van der Waals surface area contributed by atoms with Crippen LogP contribution in [0.5, 0.6) is 0 Å². The number of hydrogen-bond donors (Lipinski definition) is 2. The van der Waals surface area contributed by atoms with Gasteiger partial charge in [0, 0.05) is 11.7 Å². The Kier molecular flexibility index (Phi) is 5.98. The average Bonchev–Trinajstić information content (AvgIpc) is 2.98. The number of rotatable bonds is 5. The molecule has 2 N–H and O–H groups in total. The number of thiophene rings is 1. The Hall–Kier alpha value is -1.86. The van der Waals surface area contributed by atoms with Crippen molar-refractivity contribution < 1.29 is 13.2 Å². The maximum Gasteiger partial charge on any atom is 0.263 e. The first-order valence-electron chi connectivity index (χ1n) is 8.93. The number of amides is 1. The molecule has 0 aliphatic heterocycles. The summed E-state index contributed by atoms with van der Waals surface area (Å²) in [7, 11) is -3.81. The van der Waals surface area contributed by atoms with Gasteiger partial charge in [-0.25, -0.2) is 8.42 Å². The van der Waals surface area contributed by atoms with Gasteiger partial charge >= 0.3 is 0 Å². The standard InChI is InChI=1S/C19H24N2O3S2/c1-14-8-10-16(11-9-14)21-26(23,24)17-12-13-25-18(17)19(22)20-15-6-4-2-3-5-7-15/h8-13,15,21H,2-7H2,1H3,(H,20,22). The first kappa shape index (κ1) is 18.9. The Morgan fingerprint density at radius 1 is 1.04 bits per heavy atom. The Balaban J connectivity index is 1.75. The molecule has 1 saturated carbocycles. The van der Waals surface area contributed by atoms with E-state index in [1.54, 1.807) is 17.5 Å². The molecule has 0 saturated heterocycles. The van der Waals surface area contributed by atoms with Crippen LogP contribution >= 0.6 is 11.3 Å². The summed E-state index contributed by atoms with van der Waals surface area (Å²) in [5, 5.41) is 4.67. The van der Waals surface area contributed by atoms with Gasteiger partial charge in [0.2, 0.25) is 0 Å². The van der Waals surface area contributed by atoms with E-state index in [0.29, 0.717) is 5.69 Å². The largest absolute Gasteiger partial charge is 0.349 e. The molecule has 0 unspecified atom stereocenters. The van der Waals surface area contributed by atoms with Gasteiger partial charge in [-0.1, -0.05) is 43.4 Å². The van der Waals surface area contributed by atoms with E-state index >= 15 is 0 Å².